The Labute approximate surface area is 150 Å². The van der Waals surface area contributed by atoms with Crippen molar-refractivity contribution in [3.8, 4) is 0 Å². The number of carbonyl (C=O) groups is 2. The third-order valence-corrected chi connectivity index (χ3v) is 3.85. The van der Waals surface area contributed by atoms with Gasteiger partial charge in [0.25, 0.3) is 5.91 Å². The van der Waals surface area contributed by atoms with Crippen molar-refractivity contribution < 1.29 is 9.59 Å². The number of hydrogen-bond acceptors (Lipinski definition) is 3. The smallest absolute Gasteiger partial charge is 0.319 e. The fourth-order valence-corrected chi connectivity index (χ4v) is 2.87. The predicted octanol–water partition coefficient (Wildman–Crippen LogP) is 3.35. The van der Waals surface area contributed by atoms with E-state index in [0.29, 0.717) is 11.3 Å². The van der Waals surface area contributed by atoms with Gasteiger partial charge in [0.1, 0.15) is 0 Å². The van der Waals surface area contributed by atoms with E-state index in [1.807, 2.05) is 46.8 Å². The molecule has 0 spiro atoms. The molecule has 1 aliphatic heterocycles. The van der Waals surface area contributed by atoms with Crippen molar-refractivity contribution in [2.45, 2.75) is 59.0 Å². The first-order chi connectivity index (χ1) is 11.7. The van der Waals surface area contributed by atoms with Gasteiger partial charge in [-0.2, -0.15) is 0 Å². The number of rotatable bonds is 4. The van der Waals surface area contributed by atoms with Crippen molar-refractivity contribution in [3.63, 3.8) is 0 Å². The Morgan fingerprint density at radius 2 is 1.76 bits per heavy atom. The molecule has 0 bridgehead atoms. The third kappa shape index (κ3) is 5.66. The van der Waals surface area contributed by atoms with Crippen molar-refractivity contribution in [1.82, 2.24) is 10.6 Å². The number of hydrogen-bond donors (Lipinski definition) is 3. The minimum Gasteiger partial charge on any atom is -0.371 e. The van der Waals surface area contributed by atoms with Gasteiger partial charge in [0.15, 0.2) is 0 Å². The standard InChI is InChI=1S/C19H30N4O2/c1-13(2)20-17(24)15-12-14(21-18(25)22-19(3,4)5)8-9-16(15)23-10-6-7-11-23/h8-9,12-13H,6-7,10-11H2,1-5H3,(H,20,24)(H2,21,22,25). The van der Waals surface area contributed by atoms with E-state index in [2.05, 4.69) is 20.9 Å². The fourth-order valence-electron chi connectivity index (χ4n) is 2.87. The van der Waals surface area contributed by atoms with Gasteiger partial charge in [-0.1, -0.05) is 0 Å². The number of nitrogens with zero attached hydrogens (tertiary/aromatic N) is 1. The molecule has 0 saturated carbocycles. The molecular weight excluding hydrogens is 316 g/mol. The highest BCUT2D eigenvalue weighted by atomic mass is 16.2. The summed E-state index contributed by atoms with van der Waals surface area (Å²) in [6.45, 7) is 11.6. The molecule has 1 aliphatic rings. The molecule has 0 aliphatic carbocycles. The molecule has 0 aromatic heterocycles. The second-order valence-corrected chi connectivity index (χ2v) is 7.88. The van der Waals surface area contributed by atoms with Gasteiger partial charge in [-0.3, -0.25) is 4.79 Å². The first-order valence-corrected chi connectivity index (χ1v) is 8.95. The second-order valence-electron chi connectivity index (χ2n) is 7.88. The number of anilines is 2. The van der Waals surface area contributed by atoms with Crippen LogP contribution in [0.2, 0.25) is 0 Å². The fraction of sp³-hybridized carbons (Fsp3) is 0.579. The molecule has 1 saturated heterocycles. The normalized spacial score (nSPS) is 14.6. The molecule has 6 nitrogen and oxygen atoms in total. The minimum atomic E-state index is -0.322. The zero-order chi connectivity index (χ0) is 18.6. The molecule has 1 aromatic carbocycles. The van der Waals surface area contributed by atoms with Gasteiger partial charge in [-0.25, -0.2) is 4.79 Å². The van der Waals surface area contributed by atoms with Crippen LogP contribution in [0.25, 0.3) is 0 Å². The molecule has 3 amide bonds. The molecule has 0 atom stereocenters. The number of urea groups is 1. The maximum Gasteiger partial charge on any atom is 0.319 e. The van der Waals surface area contributed by atoms with Crippen LogP contribution in [0.15, 0.2) is 18.2 Å². The Morgan fingerprint density at radius 3 is 2.32 bits per heavy atom. The van der Waals surface area contributed by atoms with E-state index in [-0.39, 0.29) is 23.5 Å². The summed E-state index contributed by atoms with van der Waals surface area (Å²) >= 11 is 0. The monoisotopic (exact) mass is 346 g/mol. The van der Waals surface area contributed by atoms with E-state index >= 15 is 0 Å². The lowest BCUT2D eigenvalue weighted by Crippen LogP contribution is -2.43. The van der Waals surface area contributed by atoms with Crippen molar-refractivity contribution in [2.75, 3.05) is 23.3 Å². The van der Waals surface area contributed by atoms with Gasteiger partial charge >= 0.3 is 6.03 Å². The first kappa shape index (κ1) is 19.1. The van der Waals surface area contributed by atoms with Crippen LogP contribution in [0.3, 0.4) is 0 Å². The number of amides is 3. The van der Waals surface area contributed by atoms with Gasteiger partial charge in [0.05, 0.1) is 5.56 Å². The summed E-state index contributed by atoms with van der Waals surface area (Å²) in [6, 6.07) is 5.31. The average Bonchev–Trinajstić information content (AvgIpc) is 2.98. The topological polar surface area (TPSA) is 73.5 Å². The zero-order valence-electron chi connectivity index (χ0n) is 15.9. The van der Waals surface area contributed by atoms with Crippen molar-refractivity contribution in [3.05, 3.63) is 23.8 Å². The molecule has 2 rings (SSSR count). The van der Waals surface area contributed by atoms with E-state index in [1.54, 1.807) is 6.07 Å². The molecule has 1 heterocycles. The van der Waals surface area contributed by atoms with Crippen LogP contribution in [0.1, 0.15) is 57.8 Å². The maximum absolute atomic E-state index is 12.6. The summed E-state index contributed by atoms with van der Waals surface area (Å²) in [5.74, 6) is -0.114. The molecule has 1 aromatic rings. The second kappa shape index (κ2) is 7.76. The molecular formula is C19H30N4O2. The van der Waals surface area contributed by atoms with Crippen LogP contribution < -0.4 is 20.9 Å². The summed E-state index contributed by atoms with van der Waals surface area (Å²) < 4.78 is 0. The lowest BCUT2D eigenvalue weighted by molar-refractivity contribution is 0.0943. The van der Waals surface area contributed by atoms with Crippen LogP contribution in [0.4, 0.5) is 16.2 Å². The Hall–Kier alpha value is -2.24. The Morgan fingerprint density at radius 1 is 1.12 bits per heavy atom. The van der Waals surface area contributed by atoms with Crippen molar-refractivity contribution >= 4 is 23.3 Å². The number of carbonyl (C=O) groups excluding carboxylic acids is 2. The number of nitrogens with one attached hydrogen (secondary N) is 3. The molecule has 25 heavy (non-hydrogen) atoms. The molecule has 0 radical (unpaired) electrons. The van der Waals surface area contributed by atoms with Gasteiger partial charge in [-0.15, -0.1) is 0 Å². The summed E-state index contributed by atoms with van der Waals surface area (Å²) in [7, 11) is 0. The first-order valence-electron chi connectivity index (χ1n) is 8.95. The summed E-state index contributed by atoms with van der Waals surface area (Å²) in [6.07, 6.45) is 2.28. The zero-order valence-corrected chi connectivity index (χ0v) is 15.9. The maximum atomic E-state index is 12.6. The molecule has 3 N–H and O–H groups in total. The van der Waals surface area contributed by atoms with E-state index in [0.717, 1.165) is 31.6 Å². The van der Waals surface area contributed by atoms with Gasteiger partial charge in [0, 0.05) is 36.0 Å². The third-order valence-electron chi connectivity index (χ3n) is 3.85. The van der Waals surface area contributed by atoms with Crippen LogP contribution in [0.5, 0.6) is 0 Å². The average molecular weight is 346 g/mol. The number of benzene rings is 1. The van der Waals surface area contributed by atoms with E-state index in [1.165, 1.54) is 0 Å². The molecule has 6 heteroatoms. The highest BCUT2D eigenvalue weighted by molar-refractivity contribution is 6.02. The van der Waals surface area contributed by atoms with Gasteiger partial charge in [0.2, 0.25) is 0 Å². The minimum absolute atomic E-state index is 0.0553. The predicted molar refractivity (Wildman–Crippen MR) is 102 cm³/mol. The van der Waals surface area contributed by atoms with Crippen LogP contribution in [-0.2, 0) is 0 Å². The quantitative estimate of drug-likeness (QED) is 0.783. The summed E-state index contributed by atoms with van der Waals surface area (Å²) in [5, 5.41) is 8.62. The van der Waals surface area contributed by atoms with E-state index < -0.39 is 0 Å². The Balaban J connectivity index is 2.25. The largest absolute Gasteiger partial charge is 0.371 e. The van der Waals surface area contributed by atoms with Crippen molar-refractivity contribution in [2.24, 2.45) is 0 Å². The SMILES string of the molecule is CC(C)NC(=O)c1cc(NC(=O)NC(C)(C)C)ccc1N1CCCC1. The summed E-state index contributed by atoms with van der Waals surface area (Å²) in [5.41, 5.74) is 1.82. The Kier molecular flexibility index (Phi) is 5.93. The lowest BCUT2D eigenvalue weighted by atomic mass is 10.1. The van der Waals surface area contributed by atoms with E-state index in [4.69, 9.17) is 0 Å². The van der Waals surface area contributed by atoms with Crippen molar-refractivity contribution in [1.29, 1.82) is 0 Å². The van der Waals surface area contributed by atoms with E-state index in [9.17, 15) is 9.59 Å². The summed E-state index contributed by atoms with van der Waals surface area (Å²) in [4.78, 5) is 27.0. The van der Waals surface area contributed by atoms with Crippen LogP contribution in [-0.4, -0.2) is 36.6 Å². The van der Waals surface area contributed by atoms with Gasteiger partial charge < -0.3 is 20.9 Å². The lowest BCUT2D eigenvalue weighted by Gasteiger charge is -2.23. The van der Waals surface area contributed by atoms with Gasteiger partial charge in [-0.05, 0) is 65.7 Å². The highest BCUT2D eigenvalue weighted by Crippen LogP contribution is 2.27. The van der Waals surface area contributed by atoms with Crippen LogP contribution in [0, 0.1) is 0 Å². The molecule has 138 valence electrons. The highest BCUT2D eigenvalue weighted by Gasteiger charge is 2.21. The Bertz CT molecular complexity index is 629. The van der Waals surface area contributed by atoms with Crippen LogP contribution >= 0.6 is 0 Å². The molecule has 1 fully saturated rings. The molecule has 0 unspecified atom stereocenters.